The predicted octanol–water partition coefficient (Wildman–Crippen LogP) is 2.34. The fourth-order valence-electron chi connectivity index (χ4n) is 5.14. The molecule has 3 heterocycles. The van der Waals surface area contributed by atoms with E-state index >= 15 is 0 Å². The number of nitrogens with one attached hydrogen (secondary N) is 4. The number of alkyl halides is 3. The van der Waals surface area contributed by atoms with Gasteiger partial charge in [-0.25, -0.2) is 4.79 Å². The Labute approximate surface area is 205 Å². The monoisotopic (exact) mass is 524 g/mol. The van der Waals surface area contributed by atoms with Gasteiger partial charge in [-0.3, -0.25) is 20.2 Å². The molecule has 34 heavy (non-hydrogen) atoms. The number of rotatable bonds is 6. The summed E-state index contributed by atoms with van der Waals surface area (Å²) in [6.07, 6.45) is -1.02. The summed E-state index contributed by atoms with van der Waals surface area (Å²) >= 11 is 3.17. The lowest BCUT2D eigenvalue weighted by molar-refractivity contribution is -0.141. The highest BCUT2D eigenvalue weighted by molar-refractivity contribution is 8.01. The second kappa shape index (κ2) is 11.3. The maximum atomic E-state index is 13.0. The molecular weight excluding hydrogens is 493 g/mol. The van der Waals surface area contributed by atoms with Gasteiger partial charge in [-0.2, -0.15) is 13.2 Å². The van der Waals surface area contributed by atoms with Crippen molar-refractivity contribution in [2.45, 2.75) is 78.4 Å². The molecule has 6 unspecified atom stereocenters. The van der Waals surface area contributed by atoms with Crippen LogP contribution >= 0.6 is 23.5 Å². The van der Waals surface area contributed by atoms with E-state index in [9.17, 15) is 27.6 Å². The van der Waals surface area contributed by atoms with Crippen LogP contribution in [0.15, 0.2) is 0 Å². The van der Waals surface area contributed by atoms with E-state index in [1.165, 1.54) is 0 Å². The molecule has 0 spiro atoms. The summed E-state index contributed by atoms with van der Waals surface area (Å²) in [5, 5.41) is 11.4. The number of amides is 3. The number of carbonyl (C=O) groups excluding carboxylic acids is 3. The molecule has 192 valence electrons. The largest absolute Gasteiger partial charge is 0.449 e. The number of hydrogen-bond acceptors (Lipinski definition) is 8. The first-order chi connectivity index (χ1) is 16.2. The van der Waals surface area contributed by atoms with E-state index < -0.39 is 47.9 Å². The predicted molar refractivity (Wildman–Crippen MR) is 123 cm³/mol. The lowest BCUT2D eigenvalue weighted by atomic mass is 9.94. The van der Waals surface area contributed by atoms with Crippen LogP contribution in [0.2, 0.25) is 0 Å². The van der Waals surface area contributed by atoms with Crippen molar-refractivity contribution in [1.29, 1.82) is 0 Å². The fourth-order valence-corrected chi connectivity index (χ4v) is 8.35. The molecule has 0 radical (unpaired) electrons. The number of piperidine rings is 1. The molecule has 0 bridgehead atoms. The van der Waals surface area contributed by atoms with Gasteiger partial charge in [-0.1, -0.05) is 12.8 Å². The normalized spacial score (nSPS) is 34.0. The van der Waals surface area contributed by atoms with E-state index in [1.54, 1.807) is 23.5 Å². The third-order valence-corrected chi connectivity index (χ3v) is 10.1. The summed E-state index contributed by atoms with van der Waals surface area (Å²) in [5.74, 6) is -1.02. The van der Waals surface area contributed by atoms with Gasteiger partial charge in [0.15, 0.2) is 0 Å². The van der Waals surface area contributed by atoms with Crippen LogP contribution in [0.1, 0.15) is 44.9 Å². The lowest BCUT2D eigenvalue weighted by Crippen LogP contribution is -2.51. The maximum Gasteiger partial charge on any atom is 0.413 e. The molecule has 4 fully saturated rings. The zero-order valence-electron chi connectivity index (χ0n) is 18.7. The minimum atomic E-state index is -4.45. The van der Waals surface area contributed by atoms with Crippen LogP contribution in [-0.2, 0) is 14.3 Å². The Morgan fingerprint density at radius 1 is 1.03 bits per heavy atom. The van der Waals surface area contributed by atoms with Crippen LogP contribution in [0.3, 0.4) is 0 Å². The van der Waals surface area contributed by atoms with Gasteiger partial charge in [0.25, 0.3) is 0 Å². The summed E-state index contributed by atoms with van der Waals surface area (Å²) in [4.78, 5) is 37.8. The summed E-state index contributed by atoms with van der Waals surface area (Å²) in [6.45, 7) is 0.882. The van der Waals surface area contributed by atoms with Crippen molar-refractivity contribution in [2.75, 3.05) is 19.7 Å². The standard InChI is InChI=1S/C21H31F3N4O4S2/c22-21(23,24)6-8-32-20(31)28-16(29)12-9-15(11-3-1-2-4-11)34-18(12)27-17(30)19-26-13-10-25-7-5-14(13)33-19/h11-15,18-19,25-26H,1-10H2,(H,27,30)(H,28,29,31). The molecule has 4 rings (SSSR count). The third kappa shape index (κ3) is 6.73. The van der Waals surface area contributed by atoms with Crippen LogP contribution in [0.25, 0.3) is 0 Å². The van der Waals surface area contributed by atoms with Crippen LogP contribution in [0.4, 0.5) is 18.0 Å². The fraction of sp³-hybridized carbons (Fsp3) is 0.857. The number of imide groups is 1. The Morgan fingerprint density at radius 3 is 2.50 bits per heavy atom. The molecule has 3 amide bonds. The number of fused-ring (bicyclic) bond motifs is 1. The Morgan fingerprint density at radius 2 is 1.79 bits per heavy atom. The topological polar surface area (TPSA) is 109 Å². The number of ether oxygens (including phenoxy) is 1. The number of hydrogen-bond donors (Lipinski definition) is 4. The quantitative estimate of drug-likeness (QED) is 0.420. The molecular formula is C21H31F3N4O4S2. The molecule has 8 nitrogen and oxygen atoms in total. The van der Waals surface area contributed by atoms with Gasteiger partial charge in [0.1, 0.15) is 12.0 Å². The number of alkyl carbamates (subject to hydrolysis) is 1. The third-order valence-electron chi connectivity index (χ3n) is 6.90. The van der Waals surface area contributed by atoms with Crippen LogP contribution in [-0.4, -0.2) is 71.1 Å². The number of halogens is 3. The minimum absolute atomic E-state index is 0.181. The molecule has 1 aliphatic carbocycles. The number of carbonyl (C=O) groups is 3. The first-order valence-corrected chi connectivity index (χ1v) is 13.7. The van der Waals surface area contributed by atoms with Crippen molar-refractivity contribution in [1.82, 2.24) is 21.3 Å². The van der Waals surface area contributed by atoms with Crippen molar-refractivity contribution < 1.29 is 32.3 Å². The highest BCUT2D eigenvalue weighted by Gasteiger charge is 2.46. The van der Waals surface area contributed by atoms with E-state index in [-0.39, 0.29) is 17.2 Å². The van der Waals surface area contributed by atoms with Gasteiger partial charge >= 0.3 is 12.3 Å². The molecule has 4 N–H and O–H groups in total. The SMILES string of the molecule is O=C(NC(=O)C1CC(C2CCCC2)SC1NC(=O)C1NC2CNCCC2S1)OCCC(F)(F)F. The van der Waals surface area contributed by atoms with E-state index in [0.29, 0.717) is 17.6 Å². The van der Waals surface area contributed by atoms with Crippen molar-refractivity contribution in [3.63, 3.8) is 0 Å². The highest BCUT2D eigenvalue weighted by atomic mass is 32.2. The highest BCUT2D eigenvalue weighted by Crippen LogP contribution is 2.46. The molecule has 0 aromatic carbocycles. The van der Waals surface area contributed by atoms with Gasteiger partial charge in [-0.05, 0) is 38.1 Å². The van der Waals surface area contributed by atoms with Gasteiger partial charge in [0.2, 0.25) is 11.8 Å². The lowest BCUT2D eigenvalue weighted by Gasteiger charge is -2.24. The average molecular weight is 525 g/mol. The zero-order chi connectivity index (χ0) is 24.3. The van der Waals surface area contributed by atoms with Crippen LogP contribution < -0.4 is 21.3 Å². The summed E-state index contributed by atoms with van der Waals surface area (Å²) in [7, 11) is 0. The molecule has 13 heteroatoms. The van der Waals surface area contributed by atoms with Crippen LogP contribution in [0, 0.1) is 11.8 Å². The Kier molecular flexibility index (Phi) is 8.57. The Balaban J connectivity index is 1.34. The first-order valence-electron chi connectivity index (χ1n) is 11.8. The van der Waals surface area contributed by atoms with Crippen LogP contribution in [0.5, 0.6) is 0 Å². The molecule has 1 saturated carbocycles. The van der Waals surface area contributed by atoms with Gasteiger partial charge in [0.05, 0.1) is 17.7 Å². The molecule has 3 saturated heterocycles. The van der Waals surface area contributed by atoms with Crippen molar-refractivity contribution in [3.05, 3.63) is 0 Å². The number of thioether (sulfide) groups is 2. The summed E-state index contributed by atoms with van der Waals surface area (Å²) in [6, 6.07) is 0.225. The molecule has 0 aromatic heterocycles. The zero-order valence-corrected chi connectivity index (χ0v) is 20.3. The van der Waals surface area contributed by atoms with E-state index in [0.717, 1.165) is 45.2 Å². The van der Waals surface area contributed by atoms with Crippen molar-refractivity contribution >= 4 is 41.4 Å². The molecule has 3 aliphatic heterocycles. The van der Waals surface area contributed by atoms with Crippen molar-refractivity contribution in [3.8, 4) is 0 Å². The van der Waals surface area contributed by atoms with Gasteiger partial charge in [-0.15, -0.1) is 23.5 Å². The smallest absolute Gasteiger partial charge is 0.413 e. The Bertz CT molecular complexity index is 755. The van der Waals surface area contributed by atoms with E-state index in [4.69, 9.17) is 0 Å². The second-order valence-electron chi connectivity index (χ2n) is 9.30. The van der Waals surface area contributed by atoms with Gasteiger partial charge < -0.3 is 15.4 Å². The van der Waals surface area contributed by atoms with E-state index in [2.05, 4.69) is 26.0 Å². The maximum absolute atomic E-state index is 13.0. The molecule has 6 atom stereocenters. The second-order valence-corrected chi connectivity index (χ2v) is 12.0. The summed E-state index contributed by atoms with van der Waals surface area (Å²) in [5.41, 5.74) is 0. The Hall–Kier alpha value is -1.18. The molecule has 0 aromatic rings. The summed E-state index contributed by atoms with van der Waals surface area (Å²) < 4.78 is 41.3. The van der Waals surface area contributed by atoms with Crippen molar-refractivity contribution in [2.24, 2.45) is 11.8 Å². The molecule has 4 aliphatic rings. The van der Waals surface area contributed by atoms with E-state index in [1.807, 2.05) is 0 Å². The minimum Gasteiger partial charge on any atom is -0.449 e. The first kappa shape index (κ1) is 25.9. The average Bonchev–Trinajstić information content (AvgIpc) is 3.51. The van der Waals surface area contributed by atoms with Gasteiger partial charge in [0, 0.05) is 23.1 Å².